The topological polar surface area (TPSA) is 0 Å². The predicted octanol–water partition coefficient (Wildman–Crippen LogP) is 4.49. The lowest BCUT2D eigenvalue weighted by Gasteiger charge is -2.14. The van der Waals surface area contributed by atoms with Gasteiger partial charge in [0.1, 0.15) is 0 Å². The number of unbranched alkanes of at least 4 members (excludes halogenated alkanes) is 4. The Labute approximate surface area is 106 Å². The Kier molecular flexibility index (Phi) is 11.4. The Balaban J connectivity index is 3.30. The van der Waals surface area contributed by atoms with Crippen molar-refractivity contribution in [2.75, 3.05) is 0 Å². The zero-order valence-electron chi connectivity index (χ0n) is 11.8. The summed E-state index contributed by atoms with van der Waals surface area (Å²) >= 11 is 0. The van der Waals surface area contributed by atoms with Gasteiger partial charge in [-0.1, -0.05) is 76.8 Å². The van der Waals surface area contributed by atoms with Crippen molar-refractivity contribution in [1.29, 1.82) is 0 Å². The van der Waals surface area contributed by atoms with Crippen LogP contribution in [0.5, 0.6) is 0 Å². The zero-order valence-corrected chi connectivity index (χ0v) is 13.8. The second kappa shape index (κ2) is 11.4. The van der Waals surface area contributed by atoms with Gasteiger partial charge in [-0.25, -0.2) is 0 Å². The van der Waals surface area contributed by atoms with E-state index in [2.05, 4.69) is 26.5 Å². The van der Waals surface area contributed by atoms with Gasteiger partial charge < -0.3 is 0 Å². The lowest BCUT2D eigenvalue weighted by molar-refractivity contribution is 0.440. The summed E-state index contributed by atoms with van der Waals surface area (Å²) in [6, 6.07) is 0. The van der Waals surface area contributed by atoms with Gasteiger partial charge in [0.05, 0.1) is 0 Å². The van der Waals surface area contributed by atoms with Gasteiger partial charge in [-0.3, -0.25) is 0 Å². The third kappa shape index (κ3) is 10.5. The summed E-state index contributed by atoms with van der Waals surface area (Å²) in [4.78, 5) is 0. The van der Waals surface area contributed by atoms with Crippen LogP contribution in [0.2, 0.25) is 5.54 Å². The van der Waals surface area contributed by atoms with E-state index in [1.54, 1.807) is 0 Å². The maximum Gasteiger partial charge on any atom is 0.00712 e. The van der Waals surface area contributed by atoms with Crippen molar-refractivity contribution >= 4 is 10.2 Å². The molecule has 0 aromatic carbocycles. The maximum atomic E-state index is 3.83. The summed E-state index contributed by atoms with van der Waals surface area (Å²) in [5, 5.41) is 0. The van der Waals surface area contributed by atoms with Gasteiger partial charge in [0, 0.05) is 10.2 Å². The number of allylic oxidation sites excluding steroid dienone is 1. The quantitative estimate of drug-likeness (QED) is 0.283. The molecule has 2 atom stereocenters. The molecule has 0 saturated carbocycles. The third-order valence-corrected chi connectivity index (χ3v) is 4.57. The summed E-state index contributed by atoms with van der Waals surface area (Å²) < 4.78 is 0. The predicted molar refractivity (Wildman–Crippen MR) is 80.3 cm³/mol. The van der Waals surface area contributed by atoms with Crippen molar-refractivity contribution in [1.82, 2.24) is 0 Å². The molecule has 0 unspecified atom stereocenters. The molecule has 0 aliphatic rings. The second-order valence-corrected chi connectivity index (χ2v) is 7.15. The molecule has 0 amide bonds. The largest absolute Gasteiger partial charge is 0.103 e. The minimum Gasteiger partial charge on any atom is -0.103 e. The standard InChI is InChI=1S/C15H32Si/c1-4-6-7-8-9-11-14(3)12-13-15(16)10-5-2/h5,14-15H,2,4,6-13H2,1,3,16H3/t14-,15-/m1/s1. The van der Waals surface area contributed by atoms with Crippen LogP contribution in [-0.2, 0) is 0 Å². The van der Waals surface area contributed by atoms with E-state index in [0.717, 1.165) is 11.5 Å². The minimum atomic E-state index is 0.947. The molecule has 0 heterocycles. The van der Waals surface area contributed by atoms with Gasteiger partial charge in [0.15, 0.2) is 0 Å². The lowest BCUT2D eigenvalue weighted by Crippen LogP contribution is -1.99. The molecule has 96 valence electrons. The van der Waals surface area contributed by atoms with E-state index >= 15 is 0 Å². The number of rotatable bonds is 11. The molecule has 0 fully saturated rings. The Morgan fingerprint density at radius 3 is 2.38 bits per heavy atom. The highest BCUT2D eigenvalue weighted by atomic mass is 28.1. The Bertz CT molecular complexity index is 154. The first-order chi connectivity index (χ1) is 7.70. The minimum absolute atomic E-state index is 0.947. The summed E-state index contributed by atoms with van der Waals surface area (Å²) in [7, 11) is 1.34. The van der Waals surface area contributed by atoms with E-state index in [1.165, 1.54) is 68.0 Å². The summed E-state index contributed by atoms with van der Waals surface area (Å²) in [5.41, 5.74) is 0.972. The number of hydrogen-bond acceptors (Lipinski definition) is 0. The van der Waals surface area contributed by atoms with Gasteiger partial charge in [-0.2, -0.15) is 0 Å². The van der Waals surface area contributed by atoms with Crippen molar-refractivity contribution < 1.29 is 0 Å². The average molecular weight is 241 g/mol. The van der Waals surface area contributed by atoms with Crippen LogP contribution in [0.1, 0.15) is 71.6 Å². The van der Waals surface area contributed by atoms with Crippen LogP contribution in [0.3, 0.4) is 0 Å². The van der Waals surface area contributed by atoms with Crippen molar-refractivity contribution in [2.24, 2.45) is 5.92 Å². The fraction of sp³-hybridized carbons (Fsp3) is 0.867. The maximum absolute atomic E-state index is 3.83. The fourth-order valence-electron chi connectivity index (χ4n) is 2.21. The smallest absolute Gasteiger partial charge is 0.00712 e. The third-order valence-electron chi connectivity index (χ3n) is 3.52. The van der Waals surface area contributed by atoms with E-state index in [0.29, 0.717) is 0 Å². The molecule has 0 aliphatic carbocycles. The van der Waals surface area contributed by atoms with Gasteiger partial charge >= 0.3 is 0 Å². The zero-order chi connectivity index (χ0) is 12.2. The van der Waals surface area contributed by atoms with E-state index in [9.17, 15) is 0 Å². The Hall–Kier alpha value is -0.0431. The highest BCUT2D eigenvalue weighted by Crippen LogP contribution is 2.21. The molecule has 16 heavy (non-hydrogen) atoms. The molecule has 0 rings (SSSR count). The molecule has 0 aliphatic heterocycles. The molecule has 0 aromatic rings. The first-order valence-corrected chi connectivity index (χ1v) is 8.47. The molecule has 0 saturated heterocycles. The van der Waals surface area contributed by atoms with Crippen molar-refractivity contribution in [2.45, 2.75) is 77.2 Å². The normalized spacial score (nSPS) is 14.9. The van der Waals surface area contributed by atoms with E-state index < -0.39 is 0 Å². The van der Waals surface area contributed by atoms with Crippen LogP contribution in [0.4, 0.5) is 0 Å². The second-order valence-electron chi connectivity index (χ2n) is 5.51. The van der Waals surface area contributed by atoms with Crippen LogP contribution in [0.25, 0.3) is 0 Å². The molecule has 0 bridgehead atoms. The average Bonchev–Trinajstić information content (AvgIpc) is 2.26. The highest BCUT2D eigenvalue weighted by Gasteiger charge is 2.05. The van der Waals surface area contributed by atoms with E-state index in [1.807, 2.05) is 0 Å². The monoisotopic (exact) mass is 240 g/mol. The van der Waals surface area contributed by atoms with Crippen molar-refractivity contribution in [3.8, 4) is 0 Å². The number of hydrogen-bond donors (Lipinski definition) is 0. The molecule has 0 nitrogen and oxygen atoms in total. The summed E-state index contributed by atoms with van der Waals surface area (Å²) in [6.45, 7) is 8.55. The van der Waals surface area contributed by atoms with Crippen LogP contribution < -0.4 is 0 Å². The summed E-state index contributed by atoms with van der Waals surface area (Å²) in [5.74, 6) is 0.947. The molecule has 1 heteroatoms. The summed E-state index contributed by atoms with van der Waals surface area (Å²) in [6.07, 6.45) is 14.8. The Morgan fingerprint density at radius 2 is 1.75 bits per heavy atom. The van der Waals surface area contributed by atoms with Crippen LogP contribution >= 0.6 is 0 Å². The SMILES string of the molecule is C=CC[C@@H]([SiH3])CC[C@H](C)CCCCCCC. The fourth-order valence-corrected chi connectivity index (χ4v) is 2.88. The van der Waals surface area contributed by atoms with Crippen LogP contribution in [0, 0.1) is 5.92 Å². The van der Waals surface area contributed by atoms with Gasteiger partial charge in [-0.15, -0.1) is 6.58 Å². The van der Waals surface area contributed by atoms with Gasteiger partial charge in [0.2, 0.25) is 0 Å². The molecule has 0 spiro atoms. The van der Waals surface area contributed by atoms with Crippen LogP contribution in [0.15, 0.2) is 12.7 Å². The molecule has 0 aromatic heterocycles. The first kappa shape index (κ1) is 16.0. The molecule has 0 N–H and O–H groups in total. The van der Waals surface area contributed by atoms with Crippen LogP contribution in [-0.4, -0.2) is 10.2 Å². The molecular weight excluding hydrogens is 208 g/mol. The van der Waals surface area contributed by atoms with Crippen molar-refractivity contribution in [3.05, 3.63) is 12.7 Å². The Morgan fingerprint density at radius 1 is 1.06 bits per heavy atom. The van der Waals surface area contributed by atoms with Gasteiger partial charge in [-0.05, 0) is 12.3 Å². The highest BCUT2D eigenvalue weighted by molar-refractivity contribution is 6.11. The van der Waals surface area contributed by atoms with E-state index in [4.69, 9.17) is 0 Å². The first-order valence-electron chi connectivity index (χ1n) is 7.31. The van der Waals surface area contributed by atoms with Gasteiger partial charge in [0.25, 0.3) is 0 Å². The molecule has 0 radical (unpaired) electrons. The van der Waals surface area contributed by atoms with Crippen molar-refractivity contribution in [3.63, 3.8) is 0 Å². The molecular formula is C15H32Si. The lowest BCUT2D eigenvalue weighted by atomic mass is 9.96. The van der Waals surface area contributed by atoms with E-state index in [-0.39, 0.29) is 0 Å².